The first-order chi connectivity index (χ1) is 12.9. The van der Waals surface area contributed by atoms with Crippen LogP contribution < -0.4 is 15.2 Å². The van der Waals surface area contributed by atoms with Crippen molar-refractivity contribution in [2.45, 2.75) is 26.2 Å². The standard InChI is InChI=1S/C19H21N3O5/c1-12(2)18(24)27-16-15(19(25)26-3)20-14-8-7-13(11-22(14)17(16)23)21-9-5-4-6-10-21/h7-8,11H,1,4-6,9-10H2,2-3H3. The highest BCUT2D eigenvalue weighted by molar-refractivity contribution is 5.94. The fourth-order valence-corrected chi connectivity index (χ4v) is 2.96. The Bertz CT molecular complexity index is 973. The van der Waals surface area contributed by atoms with Gasteiger partial charge in [-0.15, -0.1) is 0 Å². The molecule has 1 aliphatic rings. The van der Waals surface area contributed by atoms with E-state index < -0.39 is 23.2 Å². The van der Waals surface area contributed by atoms with E-state index in [9.17, 15) is 14.4 Å². The molecule has 2 aromatic heterocycles. The first-order valence-electron chi connectivity index (χ1n) is 8.69. The number of carbonyl (C=O) groups excluding carboxylic acids is 2. The summed E-state index contributed by atoms with van der Waals surface area (Å²) in [5, 5.41) is 0. The van der Waals surface area contributed by atoms with E-state index in [4.69, 9.17) is 4.74 Å². The quantitative estimate of drug-likeness (QED) is 0.599. The van der Waals surface area contributed by atoms with Crippen LogP contribution in [0.5, 0.6) is 5.75 Å². The number of hydrogen-bond donors (Lipinski definition) is 0. The molecule has 0 atom stereocenters. The van der Waals surface area contributed by atoms with E-state index in [-0.39, 0.29) is 16.9 Å². The van der Waals surface area contributed by atoms with Crippen LogP contribution in [-0.4, -0.2) is 41.5 Å². The second kappa shape index (κ2) is 7.61. The molecule has 8 heteroatoms. The topological polar surface area (TPSA) is 90.2 Å². The number of aromatic nitrogens is 2. The van der Waals surface area contributed by atoms with Crippen molar-refractivity contribution >= 4 is 23.3 Å². The molecule has 1 saturated heterocycles. The Morgan fingerprint density at radius 2 is 1.89 bits per heavy atom. The normalized spacial score (nSPS) is 14.1. The van der Waals surface area contributed by atoms with Crippen LogP contribution in [0, 0.1) is 0 Å². The van der Waals surface area contributed by atoms with Gasteiger partial charge in [-0.3, -0.25) is 9.20 Å². The fourth-order valence-electron chi connectivity index (χ4n) is 2.96. The molecule has 0 aromatic carbocycles. The summed E-state index contributed by atoms with van der Waals surface area (Å²) in [5.74, 6) is -2.14. The number of hydrogen-bond acceptors (Lipinski definition) is 7. The monoisotopic (exact) mass is 371 g/mol. The third kappa shape index (κ3) is 3.69. The van der Waals surface area contributed by atoms with Gasteiger partial charge in [0.1, 0.15) is 5.65 Å². The van der Waals surface area contributed by atoms with Gasteiger partial charge in [-0.2, -0.15) is 0 Å². The summed E-state index contributed by atoms with van der Waals surface area (Å²) < 4.78 is 11.1. The van der Waals surface area contributed by atoms with Gasteiger partial charge in [-0.1, -0.05) is 6.58 Å². The number of rotatable bonds is 4. The zero-order chi connectivity index (χ0) is 19.6. The summed E-state index contributed by atoms with van der Waals surface area (Å²) in [5.41, 5.74) is 0.222. The Morgan fingerprint density at radius 3 is 2.52 bits per heavy atom. The van der Waals surface area contributed by atoms with Crippen LogP contribution in [0.25, 0.3) is 5.65 Å². The van der Waals surface area contributed by atoms with Crippen molar-refractivity contribution in [2.24, 2.45) is 0 Å². The van der Waals surface area contributed by atoms with Crippen molar-refractivity contribution in [1.82, 2.24) is 9.38 Å². The maximum atomic E-state index is 13.0. The predicted molar refractivity (Wildman–Crippen MR) is 99.3 cm³/mol. The number of esters is 2. The van der Waals surface area contributed by atoms with Gasteiger partial charge >= 0.3 is 17.5 Å². The van der Waals surface area contributed by atoms with Crippen LogP contribution >= 0.6 is 0 Å². The summed E-state index contributed by atoms with van der Waals surface area (Å²) >= 11 is 0. The molecular formula is C19H21N3O5. The predicted octanol–water partition coefficient (Wildman–Crippen LogP) is 1.95. The molecule has 3 rings (SSSR count). The Balaban J connectivity index is 2.15. The Hall–Kier alpha value is -3.16. The van der Waals surface area contributed by atoms with Gasteiger partial charge < -0.3 is 14.4 Å². The lowest BCUT2D eigenvalue weighted by molar-refractivity contribution is -0.130. The number of pyridine rings is 1. The Labute approximate surface area is 156 Å². The molecule has 0 bridgehead atoms. The largest absolute Gasteiger partial charge is 0.464 e. The van der Waals surface area contributed by atoms with Gasteiger partial charge in [0, 0.05) is 24.9 Å². The highest BCUT2D eigenvalue weighted by atomic mass is 16.5. The highest BCUT2D eigenvalue weighted by Crippen LogP contribution is 2.21. The number of fused-ring (bicyclic) bond motifs is 1. The number of carbonyl (C=O) groups is 2. The zero-order valence-corrected chi connectivity index (χ0v) is 15.4. The molecule has 1 aliphatic heterocycles. The molecule has 1 fully saturated rings. The maximum absolute atomic E-state index is 13.0. The summed E-state index contributed by atoms with van der Waals surface area (Å²) in [7, 11) is 1.16. The van der Waals surface area contributed by atoms with Gasteiger partial charge in [-0.05, 0) is 38.3 Å². The molecular weight excluding hydrogens is 350 g/mol. The SMILES string of the molecule is C=C(C)C(=O)Oc1c(C(=O)OC)nc2ccc(N3CCCCC3)cn2c1=O. The summed E-state index contributed by atoms with van der Waals surface area (Å²) in [6.45, 7) is 6.75. The van der Waals surface area contributed by atoms with E-state index in [0.29, 0.717) is 0 Å². The molecule has 2 aromatic rings. The molecule has 0 amide bonds. The minimum Gasteiger partial charge on any atom is -0.464 e. The second-order valence-electron chi connectivity index (χ2n) is 6.42. The Kier molecular flexibility index (Phi) is 5.25. The van der Waals surface area contributed by atoms with Gasteiger partial charge in [0.25, 0.3) is 0 Å². The van der Waals surface area contributed by atoms with Gasteiger partial charge in [-0.25, -0.2) is 14.6 Å². The van der Waals surface area contributed by atoms with Crippen molar-refractivity contribution < 1.29 is 19.1 Å². The average molecular weight is 371 g/mol. The molecule has 0 N–H and O–H groups in total. The van der Waals surface area contributed by atoms with Crippen molar-refractivity contribution in [2.75, 3.05) is 25.1 Å². The average Bonchev–Trinajstić information content (AvgIpc) is 2.69. The van der Waals surface area contributed by atoms with E-state index >= 15 is 0 Å². The smallest absolute Gasteiger partial charge is 0.360 e. The summed E-state index contributed by atoms with van der Waals surface area (Å²) in [6, 6.07) is 3.51. The molecule has 0 unspecified atom stereocenters. The van der Waals surface area contributed by atoms with Crippen LogP contribution in [0.4, 0.5) is 5.69 Å². The molecule has 0 saturated carbocycles. The second-order valence-corrected chi connectivity index (χ2v) is 6.42. The van der Waals surface area contributed by atoms with E-state index in [1.165, 1.54) is 17.7 Å². The molecule has 142 valence electrons. The van der Waals surface area contributed by atoms with E-state index in [1.807, 2.05) is 6.07 Å². The van der Waals surface area contributed by atoms with Crippen molar-refractivity contribution in [3.8, 4) is 5.75 Å². The van der Waals surface area contributed by atoms with E-state index in [0.717, 1.165) is 38.7 Å². The zero-order valence-electron chi connectivity index (χ0n) is 15.4. The fraction of sp³-hybridized carbons (Fsp3) is 0.368. The van der Waals surface area contributed by atoms with Crippen LogP contribution in [0.3, 0.4) is 0 Å². The maximum Gasteiger partial charge on any atom is 0.360 e. The molecule has 3 heterocycles. The Morgan fingerprint density at radius 1 is 1.19 bits per heavy atom. The van der Waals surface area contributed by atoms with Crippen LogP contribution in [0.1, 0.15) is 36.7 Å². The molecule has 0 radical (unpaired) electrons. The highest BCUT2D eigenvalue weighted by Gasteiger charge is 2.24. The first kappa shape index (κ1) is 18.6. The molecule has 27 heavy (non-hydrogen) atoms. The molecule has 8 nitrogen and oxygen atoms in total. The van der Waals surface area contributed by atoms with Crippen LogP contribution in [-0.2, 0) is 9.53 Å². The van der Waals surface area contributed by atoms with Gasteiger partial charge in [0.05, 0.1) is 12.8 Å². The van der Waals surface area contributed by atoms with E-state index in [2.05, 4.69) is 21.2 Å². The van der Waals surface area contributed by atoms with Gasteiger partial charge in [0.15, 0.2) is 5.69 Å². The third-order valence-electron chi connectivity index (χ3n) is 4.41. The lowest BCUT2D eigenvalue weighted by atomic mass is 10.1. The molecule has 0 spiro atoms. The number of piperidine rings is 1. The minimum absolute atomic E-state index is 0.0948. The van der Waals surface area contributed by atoms with Crippen LogP contribution in [0.2, 0.25) is 0 Å². The lowest BCUT2D eigenvalue weighted by Gasteiger charge is -2.28. The van der Waals surface area contributed by atoms with Gasteiger partial charge in [0.2, 0.25) is 5.75 Å². The minimum atomic E-state index is -0.862. The lowest BCUT2D eigenvalue weighted by Crippen LogP contribution is -2.30. The number of ether oxygens (including phenoxy) is 2. The third-order valence-corrected chi connectivity index (χ3v) is 4.41. The summed E-state index contributed by atoms with van der Waals surface area (Å²) in [6.07, 6.45) is 5.02. The van der Waals surface area contributed by atoms with Crippen LogP contribution in [0.15, 0.2) is 35.3 Å². The molecule has 0 aliphatic carbocycles. The van der Waals surface area contributed by atoms with Crippen molar-refractivity contribution in [3.05, 3.63) is 46.5 Å². The summed E-state index contributed by atoms with van der Waals surface area (Å²) in [4.78, 5) is 43.3. The van der Waals surface area contributed by atoms with Crippen molar-refractivity contribution in [3.63, 3.8) is 0 Å². The number of methoxy groups -OCH3 is 1. The van der Waals surface area contributed by atoms with E-state index in [1.54, 1.807) is 12.3 Å². The van der Waals surface area contributed by atoms with Crippen molar-refractivity contribution in [1.29, 1.82) is 0 Å². The first-order valence-corrected chi connectivity index (χ1v) is 8.69. The number of nitrogens with zero attached hydrogens (tertiary/aromatic N) is 3. The number of anilines is 1.